The second kappa shape index (κ2) is 5.78. The van der Waals surface area contributed by atoms with E-state index in [0.29, 0.717) is 17.9 Å². The molecule has 1 aromatic carbocycles. The average molecular weight is 306 g/mol. The van der Waals surface area contributed by atoms with Gasteiger partial charge < -0.3 is 4.74 Å². The maximum absolute atomic E-state index is 10.9. The third-order valence-electron chi connectivity index (χ3n) is 2.45. The number of pyridine rings is 1. The largest absolute Gasteiger partial charge is 0.488 e. The Labute approximate surface area is 114 Å². The Morgan fingerprint density at radius 1 is 1.33 bits per heavy atom. The number of carbonyl (C=O) groups excluding carboxylic acids is 1. The zero-order valence-electron chi connectivity index (χ0n) is 9.89. The zero-order valence-corrected chi connectivity index (χ0v) is 11.5. The molecule has 0 amide bonds. The van der Waals surface area contributed by atoms with Crippen molar-refractivity contribution in [3.05, 3.63) is 57.8 Å². The van der Waals surface area contributed by atoms with Gasteiger partial charge in [0.15, 0.2) is 6.29 Å². The maximum Gasteiger partial charge on any atom is 0.153 e. The summed E-state index contributed by atoms with van der Waals surface area (Å²) in [7, 11) is 0. The lowest BCUT2D eigenvalue weighted by atomic mass is 10.1. The molecule has 0 aliphatic carbocycles. The van der Waals surface area contributed by atoms with Crippen LogP contribution in [-0.4, -0.2) is 11.3 Å². The van der Waals surface area contributed by atoms with Crippen LogP contribution in [0.2, 0.25) is 0 Å². The summed E-state index contributed by atoms with van der Waals surface area (Å²) in [5.41, 5.74) is 2.55. The van der Waals surface area contributed by atoms with Gasteiger partial charge in [-0.05, 0) is 41.1 Å². The third kappa shape index (κ3) is 3.17. The van der Waals surface area contributed by atoms with E-state index in [2.05, 4.69) is 20.9 Å². The fraction of sp³-hybridized carbons (Fsp3) is 0.143. The summed E-state index contributed by atoms with van der Waals surface area (Å²) in [4.78, 5) is 15.0. The summed E-state index contributed by atoms with van der Waals surface area (Å²) in [6, 6.07) is 7.47. The molecule has 92 valence electrons. The fourth-order valence-corrected chi connectivity index (χ4v) is 2.00. The predicted molar refractivity (Wildman–Crippen MR) is 72.8 cm³/mol. The van der Waals surface area contributed by atoms with E-state index in [1.165, 1.54) is 0 Å². The van der Waals surface area contributed by atoms with Crippen LogP contribution in [0, 0.1) is 6.92 Å². The second-order valence-electron chi connectivity index (χ2n) is 3.96. The van der Waals surface area contributed by atoms with E-state index < -0.39 is 0 Å². The molecule has 2 rings (SSSR count). The molecule has 0 saturated carbocycles. The summed E-state index contributed by atoms with van der Waals surface area (Å²) in [6.07, 6.45) is 4.26. The van der Waals surface area contributed by atoms with Crippen LogP contribution >= 0.6 is 15.9 Å². The van der Waals surface area contributed by atoms with Gasteiger partial charge in [-0.1, -0.05) is 11.6 Å². The van der Waals surface area contributed by atoms with Crippen molar-refractivity contribution in [3.63, 3.8) is 0 Å². The first kappa shape index (κ1) is 12.8. The van der Waals surface area contributed by atoms with Crippen LogP contribution in [0.3, 0.4) is 0 Å². The molecule has 0 saturated heterocycles. The molecule has 3 nitrogen and oxygen atoms in total. The topological polar surface area (TPSA) is 39.2 Å². The number of aldehydes is 1. The lowest BCUT2D eigenvalue weighted by molar-refractivity contribution is 0.111. The molecule has 0 aliphatic heterocycles. The number of hydrogen-bond donors (Lipinski definition) is 0. The molecule has 0 radical (unpaired) electrons. The lowest BCUT2D eigenvalue weighted by Crippen LogP contribution is -1.99. The Hall–Kier alpha value is -1.68. The Kier molecular flexibility index (Phi) is 4.10. The Morgan fingerprint density at radius 3 is 2.89 bits per heavy atom. The van der Waals surface area contributed by atoms with Crippen molar-refractivity contribution in [2.45, 2.75) is 13.5 Å². The highest BCUT2D eigenvalue weighted by molar-refractivity contribution is 9.10. The van der Waals surface area contributed by atoms with Gasteiger partial charge in [-0.3, -0.25) is 9.78 Å². The minimum atomic E-state index is 0.385. The minimum absolute atomic E-state index is 0.385. The number of rotatable bonds is 4. The SMILES string of the molecule is Cc1ccc(OCc2cncc(Br)c2)c(C=O)c1. The lowest BCUT2D eigenvalue weighted by Gasteiger charge is -2.09. The van der Waals surface area contributed by atoms with Gasteiger partial charge in [-0.15, -0.1) is 0 Å². The number of nitrogens with zero attached hydrogens (tertiary/aromatic N) is 1. The van der Waals surface area contributed by atoms with Gasteiger partial charge >= 0.3 is 0 Å². The number of benzene rings is 1. The van der Waals surface area contributed by atoms with Gasteiger partial charge in [0.25, 0.3) is 0 Å². The number of aryl methyl sites for hydroxylation is 1. The average Bonchev–Trinajstić information content (AvgIpc) is 2.37. The van der Waals surface area contributed by atoms with Gasteiger partial charge in [-0.25, -0.2) is 0 Å². The first-order chi connectivity index (χ1) is 8.69. The van der Waals surface area contributed by atoms with Crippen molar-refractivity contribution < 1.29 is 9.53 Å². The van der Waals surface area contributed by atoms with Gasteiger partial charge in [0.1, 0.15) is 12.4 Å². The third-order valence-corrected chi connectivity index (χ3v) is 2.88. The van der Waals surface area contributed by atoms with Crippen LogP contribution in [0.15, 0.2) is 41.1 Å². The van der Waals surface area contributed by atoms with Crippen LogP contribution in [0.25, 0.3) is 0 Å². The van der Waals surface area contributed by atoms with E-state index in [0.717, 1.165) is 21.9 Å². The van der Waals surface area contributed by atoms with Crippen LogP contribution < -0.4 is 4.74 Å². The Morgan fingerprint density at radius 2 is 2.17 bits per heavy atom. The molecular formula is C14H12BrNO2. The molecule has 1 heterocycles. The molecule has 2 aromatic rings. The molecule has 0 unspecified atom stereocenters. The fourth-order valence-electron chi connectivity index (χ4n) is 1.59. The molecule has 0 aliphatic rings. The normalized spacial score (nSPS) is 10.1. The van der Waals surface area contributed by atoms with Crippen LogP contribution in [-0.2, 0) is 6.61 Å². The summed E-state index contributed by atoms with van der Waals surface area (Å²) < 4.78 is 6.54. The van der Waals surface area contributed by atoms with E-state index >= 15 is 0 Å². The minimum Gasteiger partial charge on any atom is -0.488 e. The quantitative estimate of drug-likeness (QED) is 0.811. The van der Waals surface area contributed by atoms with Crippen LogP contribution in [0.5, 0.6) is 5.75 Å². The molecule has 0 N–H and O–H groups in total. The Balaban J connectivity index is 2.13. The zero-order chi connectivity index (χ0) is 13.0. The van der Waals surface area contributed by atoms with E-state index in [1.807, 2.05) is 31.2 Å². The first-order valence-corrected chi connectivity index (χ1v) is 6.26. The van der Waals surface area contributed by atoms with Crippen LogP contribution in [0.1, 0.15) is 21.5 Å². The number of carbonyl (C=O) groups is 1. The van der Waals surface area contributed by atoms with Crippen LogP contribution in [0.4, 0.5) is 0 Å². The highest BCUT2D eigenvalue weighted by Crippen LogP contribution is 2.20. The van der Waals surface area contributed by atoms with Gasteiger partial charge in [-0.2, -0.15) is 0 Å². The highest BCUT2D eigenvalue weighted by atomic mass is 79.9. The summed E-state index contributed by atoms with van der Waals surface area (Å²) in [5, 5.41) is 0. The second-order valence-corrected chi connectivity index (χ2v) is 4.87. The number of aromatic nitrogens is 1. The number of ether oxygens (including phenoxy) is 1. The van der Waals surface area contributed by atoms with Gasteiger partial charge in [0.2, 0.25) is 0 Å². The maximum atomic E-state index is 10.9. The number of halogens is 1. The molecule has 0 atom stereocenters. The summed E-state index contributed by atoms with van der Waals surface area (Å²) in [6.45, 7) is 2.32. The van der Waals surface area contributed by atoms with Gasteiger partial charge in [0.05, 0.1) is 5.56 Å². The van der Waals surface area contributed by atoms with E-state index in [1.54, 1.807) is 12.4 Å². The molecule has 18 heavy (non-hydrogen) atoms. The predicted octanol–water partition coefficient (Wildman–Crippen LogP) is 3.54. The Bertz CT molecular complexity index is 569. The summed E-state index contributed by atoms with van der Waals surface area (Å²) >= 11 is 3.35. The number of hydrogen-bond acceptors (Lipinski definition) is 3. The van der Waals surface area contributed by atoms with Gasteiger partial charge in [0, 0.05) is 22.4 Å². The van der Waals surface area contributed by atoms with Crippen molar-refractivity contribution >= 4 is 22.2 Å². The monoisotopic (exact) mass is 305 g/mol. The van der Waals surface area contributed by atoms with Crippen molar-refractivity contribution in [2.24, 2.45) is 0 Å². The van der Waals surface area contributed by atoms with E-state index in [4.69, 9.17) is 4.74 Å². The molecular weight excluding hydrogens is 294 g/mol. The smallest absolute Gasteiger partial charge is 0.153 e. The highest BCUT2D eigenvalue weighted by Gasteiger charge is 2.04. The van der Waals surface area contributed by atoms with Crippen molar-refractivity contribution in [1.29, 1.82) is 0 Å². The standard InChI is InChI=1S/C14H12BrNO2/c1-10-2-3-14(12(4-10)8-17)18-9-11-5-13(15)7-16-6-11/h2-8H,9H2,1H3. The van der Waals surface area contributed by atoms with E-state index in [9.17, 15) is 4.79 Å². The summed E-state index contributed by atoms with van der Waals surface area (Å²) in [5.74, 6) is 0.593. The van der Waals surface area contributed by atoms with Crippen molar-refractivity contribution in [2.75, 3.05) is 0 Å². The van der Waals surface area contributed by atoms with Crippen molar-refractivity contribution in [3.8, 4) is 5.75 Å². The van der Waals surface area contributed by atoms with E-state index in [-0.39, 0.29) is 0 Å². The molecule has 1 aromatic heterocycles. The van der Waals surface area contributed by atoms with Crippen molar-refractivity contribution in [1.82, 2.24) is 4.98 Å². The molecule has 0 bridgehead atoms. The first-order valence-electron chi connectivity index (χ1n) is 5.47. The molecule has 0 spiro atoms. The molecule has 0 fully saturated rings. The molecule has 4 heteroatoms.